The topological polar surface area (TPSA) is 34.1 Å². The highest BCUT2D eigenvalue weighted by molar-refractivity contribution is 6.35. The lowest BCUT2D eigenvalue weighted by atomic mass is 9.80. The summed E-state index contributed by atoms with van der Waals surface area (Å²) in [6, 6.07) is 14.1. The Morgan fingerprint density at radius 1 is 0.920 bits per heavy atom. The van der Waals surface area contributed by atoms with Crippen molar-refractivity contribution in [1.82, 2.24) is 0 Å². The lowest BCUT2D eigenvalue weighted by Crippen LogP contribution is -2.20. The smallest absolute Gasteiger partial charge is 0.190 e. The number of rotatable bonds is 5. The minimum atomic E-state index is -0.0960. The largest absolute Gasteiger partial charge is 0.294 e. The molecule has 0 aliphatic heterocycles. The van der Waals surface area contributed by atoms with Crippen LogP contribution in [-0.4, -0.2) is 11.6 Å². The van der Waals surface area contributed by atoms with Crippen LogP contribution in [0.3, 0.4) is 0 Å². The summed E-state index contributed by atoms with van der Waals surface area (Å²) in [5.74, 6) is -0.209. The Kier molecular flexibility index (Phi) is 5.72. The third-order valence-electron chi connectivity index (χ3n) is 4.55. The van der Waals surface area contributed by atoms with E-state index >= 15 is 0 Å². The summed E-state index contributed by atoms with van der Waals surface area (Å²) in [6.07, 6.45) is 4.88. The summed E-state index contributed by atoms with van der Waals surface area (Å²) in [7, 11) is 0. The summed E-state index contributed by atoms with van der Waals surface area (Å²) in [5.41, 5.74) is 1.70. The van der Waals surface area contributed by atoms with Crippen molar-refractivity contribution in [1.29, 1.82) is 0 Å². The van der Waals surface area contributed by atoms with Gasteiger partial charge in [-0.2, -0.15) is 0 Å². The first-order chi connectivity index (χ1) is 12.1. The maximum Gasteiger partial charge on any atom is 0.190 e. The van der Waals surface area contributed by atoms with E-state index in [1.807, 2.05) is 6.08 Å². The Hall–Kier alpha value is -1.90. The van der Waals surface area contributed by atoms with E-state index in [9.17, 15) is 9.59 Å². The monoisotopic (exact) mass is 372 g/mol. The molecular formula is C21H18Cl2O2. The molecule has 0 unspecified atom stereocenters. The molecule has 1 atom stereocenters. The first-order valence-electron chi connectivity index (χ1n) is 8.35. The normalized spacial score (nSPS) is 17.0. The van der Waals surface area contributed by atoms with Gasteiger partial charge in [-0.15, -0.1) is 0 Å². The lowest BCUT2D eigenvalue weighted by Gasteiger charge is -2.23. The minimum absolute atomic E-state index is 0.0321. The van der Waals surface area contributed by atoms with Crippen molar-refractivity contribution >= 4 is 34.8 Å². The Bertz CT molecular complexity index is 839. The summed E-state index contributed by atoms with van der Waals surface area (Å²) < 4.78 is 0. The molecule has 128 valence electrons. The van der Waals surface area contributed by atoms with Crippen LogP contribution in [0.2, 0.25) is 10.0 Å². The Labute approximate surface area is 157 Å². The molecule has 0 radical (unpaired) electrons. The van der Waals surface area contributed by atoms with Crippen molar-refractivity contribution in [3.63, 3.8) is 0 Å². The quantitative estimate of drug-likeness (QED) is 0.587. The molecule has 0 bridgehead atoms. The maximum absolute atomic E-state index is 12.9. The number of hydrogen-bond donors (Lipinski definition) is 0. The van der Waals surface area contributed by atoms with Gasteiger partial charge in [0, 0.05) is 17.5 Å². The number of halogens is 2. The molecule has 0 N–H and O–H groups in total. The molecule has 2 nitrogen and oxygen atoms in total. The fourth-order valence-electron chi connectivity index (χ4n) is 3.26. The van der Waals surface area contributed by atoms with E-state index in [1.54, 1.807) is 48.5 Å². The number of carbonyl (C=O) groups excluding carboxylic acids is 2. The van der Waals surface area contributed by atoms with E-state index in [-0.39, 0.29) is 23.9 Å². The molecule has 1 aliphatic rings. The van der Waals surface area contributed by atoms with Gasteiger partial charge in [-0.25, -0.2) is 0 Å². The highest BCUT2D eigenvalue weighted by Gasteiger charge is 2.28. The fourth-order valence-corrected chi connectivity index (χ4v) is 3.72. The number of Topliss-reactive ketones (excluding diaryl/α,β-unsaturated/α-hetero) is 2. The van der Waals surface area contributed by atoms with Crippen LogP contribution in [0.4, 0.5) is 0 Å². The van der Waals surface area contributed by atoms with Gasteiger partial charge in [0.25, 0.3) is 0 Å². The fraction of sp³-hybridized carbons (Fsp3) is 0.238. The van der Waals surface area contributed by atoms with Crippen LogP contribution >= 0.6 is 23.2 Å². The Morgan fingerprint density at radius 2 is 1.52 bits per heavy atom. The first kappa shape index (κ1) is 17.9. The van der Waals surface area contributed by atoms with E-state index in [0.717, 1.165) is 19.3 Å². The second-order valence-corrected chi connectivity index (χ2v) is 7.02. The zero-order chi connectivity index (χ0) is 17.8. The number of hydrogen-bond acceptors (Lipinski definition) is 2. The molecule has 25 heavy (non-hydrogen) atoms. The van der Waals surface area contributed by atoms with Gasteiger partial charge in [-0.1, -0.05) is 53.5 Å². The standard InChI is InChI=1S/C21H18Cl2O2/c22-18-11-5-3-9-16(18)20(24)13-14-7-1-2-8-15(14)21(25)17-10-4-6-12-19(17)23/h3-6,8-12,14H,1-2,7,13H2/t14-/m0/s1. The van der Waals surface area contributed by atoms with E-state index in [0.29, 0.717) is 26.7 Å². The molecule has 2 aromatic rings. The van der Waals surface area contributed by atoms with Crippen molar-refractivity contribution in [3.8, 4) is 0 Å². The summed E-state index contributed by atoms with van der Waals surface area (Å²) in [5, 5.41) is 0.890. The van der Waals surface area contributed by atoms with Crippen molar-refractivity contribution in [2.24, 2.45) is 5.92 Å². The Balaban J connectivity index is 1.83. The van der Waals surface area contributed by atoms with Crippen LogP contribution in [0, 0.1) is 5.92 Å². The molecule has 0 aromatic heterocycles. The van der Waals surface area contributed by atoms with Gasteiger partial charge in [0.2, 0.25) is 0 Å². The van der Waals surface area contributed by atoms with E-state index in [2.05, 4.69) is 0 Å². The Morgan fingerprint density at radius 3 is 2.16 bits per heavy atom. The molecule has 0 spiro atoms. The van der Waals surface area contributed by atoms with Crippen molar-refractivity contribution in [2.75, 3.05) is 0 Å². The second-order valence-electron chi connectivity index (χ2n) is 6.20. The van der Waals surface area contributed by atoms with Crippen LogP contribution in [0.15, 0.2) is 60.2 Å². The van der Waals surface area contributed by atoms with Gasteiger partial charge in [0.1, 0.15) is 0 Å². The van der Waals surface area contributed by atoms with Gasteiger partial charge in [-0.05, 0) is 55.0 Å². The van der Waals surface area contributed by atoms with Gasteiger partial charge in [0.05, 0.1) is 10.0 Å². The van der Waals surface area contributed by atoms with E-state index in [1.165, 1.54) is 0 Å². The number of carbonyl (C=O) groups is 2. The summed E-state index contributed by atoms with van der Waals surface area (Å²) in [4.78, 5) is 25.6. The third kappa shape index (κ3) is 4.02. The zero-order valence-electron chi connectivity index (χ0n) is 13.7. The number of benzene rings is 2. The predicted octanol–water partition coefficient (Wildman–Crippen LogP) is 6.18. The van der Waals surface area contributed by atoms with Crippen LogP contribution in [0.25, 0.3) is 0 Å². The average molecular weight is 373 g/mol. The van der Waals surface area contributed by atoms with Crippen molar-refractivity contribution < 1.29 is 9.59 Å². The molecule has 0 saturated carbocycles. The number of allylic oxidation sites excluding steroid dienone is 2. The van der Waals surface area contributed by atoms with Gasteiger partial charge in [-0.3, -0.25) is 9.59 Å². The van der Waals surface area contributed by atoms with E-state index < -0.39 is 0 Å². The van der Waals surface area contributed by atoms with Gasteiger partial charge >= 0.3 is 0 Å². The molecule has 3 rings (SSSR count). The predicted molar refractivity (Wildman–Crippen MR) is 102 cm³/mol. The summed E-state index contributed by atoms with van der Waals surface area (Å²) in [6.45, 7) is 0. The van der Waals surface area contributed by atoms with Crippen molar-refractivity contribution in [3.05, 3.63) is 81.4 Å². The average Bonchev–Trinajstić information content (AvgIpc) is 2.62. The summed E-state index contributed by atoms with van der Waals surface area (Å²) >= 11 is 12.3. The third-order valence-corrected chi connectivity index (χ3v) is 5.21. The maximum atomic E-state index is 12.9. The molecular weight excluding hydrogens is 355 g/mol. The first-order valence-corrected chi connectivity index (χ1v) is 9.10. The zero-order valence-corrected chi connectivity index (χ0v) is 15.2. The molecule has 0 heterocycles. The van der Waals surface area contributed by atoms with Crippen LogP contribution in [0.5, 0.6) is 0 Å². The molecule has 1 aliphatic carbocycles. The molecule has 0 fully saturated rings. The van der Waals surface area contributed by atoms with Gasteiger partial charge < -0.3 is 0 Å². The van der Waals surface area contributed by atoms with Gasteiger partial charge in [0.15, 0.2) is 11.6 Å². The van der Waals surface area contributed by atoms with E-state index in [4.69, 9.17) is 23.2 Å². The second kappa shape index (κ2) is 7.99. The number of ketones is 2. The molecule has 4 heteroatoms. The highest BCUT2D eigenvalue weighted by Crippen LogP contribution is 2.33. The molecule has 0 saturated heterocycles. The highest BCUT2D eigenvalue weighted by atomic mass is 35.5. The molecule has 2 aromatic carbocycles. The minimum Gasteiger partial charge on any atom is -0.294 e. The van der Waals surface area contributed by atoms with Crippen LogP contribution in [-0.2, 0) is 0 Å². The van der Waals surface area contributed by atoms with Crippen molar-refractivity contribution in [2.45, 2.75) is 25.7 Å². The van der Waals surface area contributed by atoms with Crippen LogP contribution in [0.1, 0.15) is 46.4 Å². The van der Waals surface area contributed by atoms with Crippen LogP contribution < -0.4 is 0 Å². The SMILES string of the molecule is O=C(C[C@@H]1CCCC=C1C(=O)c1ccccc1Cl)c1ccccc1Cl. The molecule has 0 amide bonds. The lowest BCUT2D eigenvalue weighted by molar-refractivity contribution is 0.0954.